The Morgan fingerprint density at radius 3 is 2.61 bits per heavy atom. The molecule has 0 unspecified atom stereocenters. The minimum absolute atomic E-state index is 0.0507. The minimum Gasteiger partial charge on any atom is -0.361 e. The Hall–Kier alpha value is -2.03. The molecule has 1 fully saturated rings. The second kappa shape index (κ2) is 8.55. The fourth-order valence-corrected chi connectivity index (χ4v) is 4.50. The molecule has 1 aliphatic rings. The third-order valence-electron chi connectivity index (χ3n) is 5.08. The number of halogens is 3. The highest BCUT2D eigenvalue weighted by molar-refractivity contribution is 7.98. The van der Waals surface area contributed by atoms with Gasteiger partial charge in [-0.1, -0.05) is 5.16 Å². The van der Waals surface area contributed by atoms with Crippen LogP contribution >= 0.6 is 11.8 Å². The van der Waals surface area contributed by atoms with Gasteiger partial charge < -0.3 is 9.84 Å². The number of pyridine rings is 1. The number of aryl methyl sites for hydroxylation is 2. The molecule has 1 aliphatic carbocycles. The Morgan fingerprint density at radius 2 is 2.00 bits per heavy atom. The number of nitrogens with one attached hydrogen (secondary N) is 1. The monoisotopic (exact) mass is 413 g/mol. The molecule has 5 nitrogen and oxygen atoms in total. The molecule has 0 bridgehead atoms. The first-order valence-electron chi connectivity index (χ1n) is 9.13. The Kier molecular flexibility index (Phi) is 6.32. The van der Waals surface area contributed by atoms with Crippen LogP contribution in [-0.4, -0.2) is 28.3 Å². The van der Waals surface area contributed by atoms with Crippen molar-refractivity contribution >= 4 is 17.7 Å². The van der Waals surface area contributed by atoms with E-state index in [9.17, 15) is 18.0 Å². The third-order valence-corrected chi connectivity index (χ3v) is 6.11. The molecule has 2 aromatic heterocycles. The molecule has 2 heterocycles. The number of aromatic nitrogens is 2. The summed E-state index contributed by atoms with van der Waals surface area (Å²) < 4.78 is 43.5. The summed E-state index contributed by atoms with van der Waals surface area (Å²) in [6.45, 7) is 3.69. The molecule has 0 aromatic carbocycles. The van der Waals surface area contributed by atoms with Crippen LogP contribution in [0.25, 0.3) is 0 Å². The molecule has 1 amide bonds. The second-order valence-electron chi connectivity index (χ2n) is 7.01. The van der Waals surface area contributed by atoms with Crippen LogP contribution in [0.15, 0.2) is 27.9 Å². The lowest BCUT2D eigenvalue weighted by Gasteiger charge is -2.30. The second-order valence-corrected chi connectivity index (χ2v) is 7.98. The van der Waals surface area contributed by atoms with Crippen LogP contribution in [0.4, 0.5) is 13.2 Å². The lowest BCUT2D eigenvalue weighted by Crippen LogP contribution is -2.40. The van der Waals surface area contributed by atoms with Crippen LogP contribution in [0.1, 0.15) is 53.1 Å². The lowest BCUT2D eigenvalue weighted by atomic mass is 9.85. The number of amides is 1. The topological polar surface area (TPSA) is 68.0 Å². The molecular formula is C19H22F3N3O2S. The zero-order valence-electron chi connectivity index (χ0n) is 15.7. The highest BCUT2D eigenvalue weighted by Crippen LogP contribution is 2.37. The van der Waals surface area contributed by atoms with Gasteiger partial charge in [0.2, 0.25) is 0 Å². The van der Waals surface area contributed by atoms with Crippen LogP contribution in [0.3, 0.4) is 0 Å². The van der Waals surface area contributed by atoms with Crippen molar-refractivity contribution in [3.8, 4) is 0 Å². The SMILES string of the molecule is Cc1noc(C)c1CSc1ncccc1C(=O)NC1CCC(C(F)(F)F)CC1. The van der Waals surface area contributed by atoms with Crippen molar-refractivity contribution in [2.45, 2.75) is 62.5 Å². The van der Waals surface area contributed by atoms with Crippen LogP contribution in [0.2, 0.25) is 0 Å². The van der Waals surface area contributed by atoms with Gasteiger partial charge in [0.25, 0.3) is 5.91 Å². The van der Waals surface area contributed by atoms with Gasteiger partial charge in [-0.25, -0.2) is 4.98 Å². The van der Waals surface area contributed by atoms with Crippen molar-refractivity contribution in [3.63, 3.8) is 0 Å². The van der Waals surface area contributed by atoms with Crippen LogP contribution in [0.5, 0.6) is 0 Å². The summed E-state index contributed by atoms with van der Waals surface area (Å²) >= 11 is 1.41. The highest BCUT2D eigenvalue weighted by atomic mass is 32.2. The van der Waals surface area contributed by atoms with Gasteiger partial charge in [-0.3, -0.25) is 4.79 Å². The maximum Gasteiger partial charge on any atom is 0.391 e. The number of nitrogens with zero attached hydrogens (tertiary/aromatic N) is 2. The summed E-state index contributed by atoms with van der Waals surface area (Å²) in [5.74, 6) is -0.270. The third kappa shape index (κ3) is 4.87. The van der Waals surface area contributed by atoms with E-state index >= 15 is 0 Å². The van der Waals surface area contributed by atoms with E-state index in [1.54, 1.807) is 18.3 Å². The van der Waals surface area contributed by atoms with Crippen molar-refractivity contribution in [3.05, 3.63) is 40.9 Å². The largest absolute Gasteiger partial charge is 0.391 e. The average Bonchev–Trinajstić information content (AvgIpc) is 2.98. The van der Waals surface area contributed by atoms with E-state index in [-0.39, 0.29) is 24.8 Å². The molecule has 0 saturated heterocycles. The predicted octanol–water partition coefficient (Wildman–Crippen LogP) is 4.83. The number of carbonyl (C=O) groups is 1. The van der Waals surface area contributed by atoms with Crippen molar-refractivity contribution in [1.82, 2.24) is 15.5 Å². The highest BCUT2D eigenvalue weighted by Gasteiger charge is 2.41. The first-order chi connectivity index (χ1) is 13.3. The molecule has 0 atom stereocenters. The standard InChI is InChI=1S/C19H22F3N3O2S/c1-11-16(12(2)27-25-11)10-28-18-15(4-3-9-23-18)17(26)24-14-7-5-13(6-8-14)19(20,21)22/h3-4,9,13-14H,5-8,10H2,1-2H3,(H,24,26). The van der Waals surface area contributed by atoms with E-state index in [4.69, 9.17) is 4.52 Å². The summed E-state index contributed by atoms with van der Waals surface area (Å²) in [5.41, 5.74) is 2.19. The van der Waals surface area contributed by atoms with Gasteiger partial charge >= 0.3 is 6.18 Å². The van der Waals surface area contributed by atoms with Crippen molar-refractivity contribution in [2.24, 2.45) is 5.92 Å². The Bertz CT molecular complexity index is 811. The number of hydrogen-bond donors (Lipinski definition) is 1. The average molecular weight is 413 g/mol. The summed E-state index contributed by atoms with van der Waals surface area (Å²) in [6, 6.07) is 3.11. The fourth-order valence-electron chi connectivity index (χ4n) is 3.36. The molecule has 152 valence electrons. The van der Waals surface area contributed by atoms with Gasteiger partial charge in [0.15, 0.2) is 0 Å². The molecule has 9 heteroatoms. The van der Waals surface area contributed by atoms with Gasteiger partial charge in [0.05, 0.1) is 17.2 Å². The maximum atomic E-state index is 12.8. The molecule has 0 radical (unpaired) electrons. The van der Waals surface area contributed by atoms with Gasteiger partial charge in [-0.2, -0.15) is 13.2 Å². The van der Waals surface area contributed by atoms with Gasteiger partial charge in [0, 0.05) is 23.6 Å². The molecule has 0 spiro atoms. The molecule has 3 rings (SSSR count). The van der Waals surface area contributed by atoms with Crippen molar-refractivity contribution < 1.29 is 22.5 Å². The molecule has 28 heavy (non-hydrogen) atoms. The van der Waals surface area contributed by atoms with Gasteiger partial charge in [-0.05, 0) is 51.7 Å². The molecular weight excluding hydrogens is 391 g/mol. The number of carbonyl (C=O) groups excluding carboxylic acids is 1. The van der Waals surface area contributed by atoms with Crippen molar-refractivity contribution in [1.29, 1.82) is 0 Å². The van der Waals surface area contributed by atoms with Crippen LogP contribution < -0.4 is 5.32 Å². The normalized spacial score (nSPS) is 20.2. The summed E-state index contributed by atoms with van der Waals surface area (Å²) in [5, 5.41) is 7.36. The fraction of sp³-hybridized carbons (Fsp3) is 0.526. The number of hydrogen-bond acceptors (Lipinski definition) is 5. The van der Waals surface area contributed by atoms with Crippen LogP contribution in [0, 0.1) is 19.8 Å². The molecule has 1 saturated carbocycles. The Labute approximate surface area is 165 Å². The molecule has 0 aliphatic heterocycles. The Balaban J connectivity index is 1.62. The quantitative estimate of drug-likeness (QED) is 0.711. The summed E-state index contributed by atoms with van der Waals surface area (Å²) in [6.07, 6.45) is -1.78. The Morgan fingerprint density at radius 1 is 1.29 bits per heavy atom. The van der Waals surface area contributed by atoms with Gasteiger partial charge in [-0.15, -0.1) is 11.8 Å². The maximum absolute atomic E-state index is 12.8. The van der Waals surface area contributed by atoms with Crippen molar-refractivity contribution in [2.75, 3.05) is 0 Å². The predicted molar refractivity (Wildman–Crippen MR) is 99.0 cm³/mol. The number of rotatable bonds is 5. The lowest BCUT2D eigenvalue weighted by molar-refractivity contribution is -0.182. The molecule has 1 N–H and O–H groups in total. The molecule has 2 aromatic rings. The first-order valence-corrected chi connectivity index (χ1v) is 10.1. The van der Waals surface area contributed by atoms with E-state index in [1.807, 2.05) is 13.8 Å². The zero-order chi connectivity index (χ0) is 20.3. The van der Waals surface area contributed by atoms with E-state index in [1.165, 1.54) is 11.8 Å². The minimum atomic E-state index is -4.15. The number of thioether (sulfide) groups is 1. The van der Waals surface area contributed by atoms with E-state index < -0.39 is 12.1 Å². The zero-order valence-corrected chi connectivity index (χ0v) is 16.5. The van der Waals surface area contributed by atoms with Gasteiger partial charge in [0.1, 0.15) is 10.8 Å². The van der Waals surface area contributed by atoms with E-state index in [0.717, 1.165) is 17.0 Å². The summed E-state index contributed by atoms with van der Waals surface area (Å²) in [7, 11) is 0. The first kappa shape index (κ1) is 20.7. The summed E-state index contributed by atoms with van der Waals surface area (Å²) in [4.78, 5) is 17.0. The number of alkyl halides is 3. The smallest absolute Gasteiger partial charge is 0.361 e. The van der Waals surface area contributed by atoms with E-state index in [2.05, 4.69) is 15.5 Å². The van der Waals surface area contributed by atoms with Crippen LogP contribution in [-0.2, 0) is 5.75 Å². The van der Waals surface area contributed by atoms with E-state index in [0.29, 0.717) is 29.2 Å².